The average Bonchev–Trinajstić information content (AvgIpc) is 2.91. The van der Waals surface area contributed by atoms with E-state index < -0.39 is 18.2 Å². The molecule has 5 aromatic carbocycles. The molecule has 0 saturated heterocycles. The van der Waals surface area contributed by atoms with Gasteiger partial charge in [0.2, 0.25) is 0 Å². The number of rotatable bonds is 6. The van der Waals surface area contributed by atoms with E-state index in [0.717, 1.165) is 33.2 Å². The second-order valence-corrected chi connectivity index (χ2v) is 8.91. The van der Waals surface area contributed by atoms with Gasteiger partial charge < -0.3 is 26.2 Å². The van der Waals surface area contributed by atoms with Crippen LogP contribution in [0.3, 0.4) is 0 Å². The number of aliphatic hydroxyl groups is 2. The highest BCUT2D eigenvalue weighted by Gasteiger charge is 2.15. The first-order valence-corrected chi connectivity index (χ1v) is 11.7. The molecule has 0 aliphatic heterocycles. The number of benzene rings is 5. The number of hydrogen-bond donors (Lipinski definition) is 5. The molecule has 0 aliphatic rings. The van der Waals surface area contributed by atoms with Crippen LogP contribution >= 0.6 is 0 Å². The molecule has 0 amide bonds. The molecule has 188 valence electrons. The van der Waals surface area contributed by atoms with Gasteiger partial charge in [0.15, 0.2) is 6.29 Å². The molecule has 0 saturated carbocycles. The van der Waals surface area contributed by atoms with E-state index in [4.69, 9.17) is 5.73 Å². The number of aromatic carboxylic acids is 2. The summed E-state index contributed by atoms with van der Waals surface area (Å²) in [6, 6.07) is 28.1. The molecule has 0 aliphatic carbocycles. The maximum absolute atomic E-state index is 11.8. The Labute approximate surface area is 217 Å². The highest BCUT2D eigenvalue weighted by Crippen LogP contribution is 2.37. The topological polar surface area (TPSA) is 141 Å². The molecular weight excluding hydrogens is 482 g/mol. The van der Waals surface area contributed by atoms with Crippen molar-refractivity contribution in [3.05, 3.63) is 114 Å². The third-order valence-corrected chi connectivity index (χ3v) is 6.56. The molecular formula is C31H23NO6. The van der Waals surface area contributed by atoms with Crippen LogP contribution in [0.2, 0.25) is 0 Å². The molecule has 5 rings (SSSR count). The number of carboxylic acids is 2. The Bertz CT molecular complexity index is 1710. The average molecular weight is 506 g/mol. The first kappa shape index (κ1) is 24.7. The molecule has 6 N–H and O–H groups in total. The monoisotopic (exact) mass is 505 g/mol. The van der Waals surface area contributed by atoms with Crippen LogP contribution in [0.4, 0.5) is 5.69 Å². The van der Waals surface area contributed by atoms with Crippen molar-refractivity contribution < 1.29 is 30.0 Å². The fourth-order valence-electron chi connectivity index (χ4n) is 4.64. The summed E-state index contributed by atoms with van der Waals surface area (Å²) < 4.78 is 0. The number of nitrogen functional groups attached to an aromatic ring is 1. The van der Waals surface area contributed by atoms with E-state index in [0.29, 0.717) is 16.5 Å². The predicted octanol–water partition coefficient (Wildman–Crippen LogP) is 5.80. The minimum Gasteiger partial charge on any atom is -0.478 e. The van der Waals surface area contributed by atoms with E-state index in [-0.39, 0.29) is 16.8 Å². The van der Waals surface area contributed by atoms with Gasteiger partial charge in [0.25, 0.3) is 0 Å². The van der Waals surface area contributed by atoms with Gasteiger partial charge in [-0.1, -0.05) is 60.7 Å². The number of anilines is 1. The number of carboxylic acid groups (broad SMARTS) is 2. The van der Waals surface area contributed by atoms with E-state index in [1.807, 2.05) is 30.3 Å². The lowest BCUT2D eigenvalue weighted by Crippen LogP contribution is -2.02. The van der Waals surface area contributed by atoms with Crippen molar-refractivity contribution in [3.8, 4) is 33.4 Å². The van der Waals surface area contributed by atoms with E-state index in [1.54, 1.807) is 60.7 Å². The summed E-state index contributed by atoms with van der Waals surface area (Å²) in [6.45, 7) is 0. The fourth-order valence-corrected chi connectivity index (χ4v) is 4.64. The van der Waals surface area contributed by atoms with Gasteiger partial charge in [-0.25, -0.2) is 9.59 Å². The lowest BCUT2D eigenvalue weighted by Gasteiger charge is -2.15. The van der Waals surface area contributed by atoms with Crippen molar-refractivity contribution in [2.45, 2.75) is 6.29 Å². The number of carbonyl (C=O) groups is 2. The number of nitrogens with two attached hydrogens (primary N) is 1. The molecule has 0 atom stereocenters. The van der Waals surface area contributed by atoms with Crippen LogP contribution in [0.5, 0.6) is 0 Å². The zero-order chi connectivity index (χ0) is 27.0. The molecule has 38 heavy (non-hydrogen) atoms. The Morgan fingerprint density at radius 2 is 1.13 bits per heavy atom. The van der Waals surface area contributed by atoms with Gasteiger partial charge in [0, 0.05) is 11.3 Å². The second kappa shape index (κ2) is 9.82. The van der Waals surface area contributed by atoms with Gasteiger partial charge in [-0.3, -0.25) is 0 Å². The molecule has 5 aromatic rings. The van der Waals surface area contributed by atoms with Gasteiger partial charge in [0.1, 0.15) is 0 Å². The molecule has 0 radical (unpaired) electrons. The normalized spacial score (nSPS) is 11.1. The van der Waals surface area contributed by atoms with Gasteiger partial charge in [-0.05, 0) is 80.6 Å². The summed E-state index contributed by atoms with van der Waals surface area (Å²) in [5.41, 5.74) is 11.5. The second-order valence-electron chi connectivity index (χ2n) is 8.91. The minimum absolute atomic E-state index is 0.0125. The summed E-state index contributed by atoms with van der Waals surface area (Å²) in [5.74, 6) is -2.12. The Kier molecular flexibility index (Phi) is 6.38. The van der Waals surface area contributed by atoms with Crippen molar-refractivity contribution in [2.24, 2.45) is 0 Å². The molecule has 0 fully saturated rings. The third-order valence-electron chi connectivity index (χ3n) is 6.56. The summed E-state index contributed by atoms with van der Waals surface area (Å²) in [6.07, 6.45) is -1.58. The fraction of sp³-hybridized carbons (Fsp3) is 0.0323. The summed E-state index contributed by atoms with van der Waals surface area (Å²) in [5, 5.41) is 39.4. The lowest BCUT2D eigenvalue weighted by atomic mass is 9.89. The Morgan fingerprint density at radius 3 is 1.74 bits per heavy atom. The van der Waals surface area contributed by atoms with Crippen LogP contribution in [0.25, 0.3) is 44.2 Å². The summed E-state index contributed by atoms with van der Waals surface area (Å²) in [7, 11) is 0. The van der Waals surface area contributed by atoms with Crippen molar-refractivity contribution in [2.75, 3.05) is 5.73 Å². The lowest BCUT2D eigenvalue weighted by molar-refractivity contribution is -0.0424. The Morgan fingerprint density at radius 1 is 0.579 bits per heavy atom. The highest BCUT2D eigenvalue weighted by atomic mass is 16.5. The van der Waals surface area contributed by atoms with Crippen LogP contribution < -0.4 is 5.73 Å². The van der Waals surface area contributed by atoms with Crippen molar-refractivity contribution in [1.82, 2.24) is 0 Å². The first-order valence-electron chi connectivity index (χ1n) is 11.7. The first-order chi connectivity index (χ1) is 18.2. The summed E-state index contributed by atoms with van der Waals surface area (Å²) >= 11 is 0. The van der Waals surface area contributed by atoms with Gasteiger partial charge in [0.05, 0.1) is 11.1 Å². The van der Waals surface area contributed by atoms with Crippen molar-refractivity contribution in [1.29, 1.82) is 0 Å². The smallest absolute Gasteiger partial charge is 0.337 e. The Hall–Kier alpha value is -4.98. The van der Waals surface area contributed by atoms with E-state index in [2.05, 4.69) is 0 Å². The molecule has 0 spiro atoms. The van der Waals surface area contributed by atoms with Gasteiger partial charge in [-0.2, -0.15) is 0 Å². The number of aliphatic hydroxyl groups excluding tert-OH is 1. The Balaban J connectivity index is 1.75. The quantitative estimate of drug-likeness (QED) is 0.145. The molecule has 7 nitrogen and oxygen atoms in total. The standard InChI is InChI=1S/C31H23NO6/c32-28-16-19(9-10-27(28)31(37)38)21-13-20(17-5-7-18(8-6-17)29(33)34)14-22(15-21)23-11-12-26(30(35)36)25-4-2-1-3-24(23)25/h1-16,29,33-34H,32H2,(H,35,36)(H,37,38). The predicted molar refractivity (Wildman–Crippen MR) is 146 cm³/mol. The van der Waals surface area contributed by atoms with Crippen LogP contribution in [0.1, 0.15) is 32.6 Å². The van der Waals surface area contributed by atoms with Crippen LogP contribution in [-0.2, 0) is 0 Å². The largest absolute Gasteiger partial charge is 0.478 e. The molecule has 0 unspecified atom stereocenters. The number of hydrogen-bond acceptors (Lipinski definition) is 5. The SMILES string of the molecule is Nc1cc(-c2cc(-c3ccc(C(O)O)cc3)cc(-c3ccc(C(=O)O)c4ccccc34)c2)ccc1C(=O)O. The zero-order valence-corrected chi connectivity index (χ0v) is 20.0. The van der Waals surface area contributed by atoms with Crippen LogP contribution in [-0.4, -0.2) is 32.4 Å². The van der Waals surface area contributed by atoms with Crippen LogP contribution in [0, 0.1) is 0 Å². The summed E-state index contributed by atoms with van der Waals surface area (Å²) in [4.78, 5) is 23.3. The molecule has 7 heteroatoms. The van der Waals surface area contributed by atoms with Crippen LogP contribution in [0.15, 0.2) is 97.1 Å². The van der Waals surface area contributed by atoms with E-state index in [1.165, 1.54) is 6.07 Å². The molecule has 0 heterocycles. The number of fused-ring (bicyclic) bond motifs is 1. The minimum atomic E-state index is -1.58. The zero-order valence-electron chi connectivity index (χ0n) is 20.0. The molecule has 0 bridgehead atoms. The van der Waals surface area contributed by atoms with Crippen molar-refractivity contribution >= 4 is 28.4 Å². The van der Waals surface area contributed by atoms with E-state index >= 15 is 0 Å². The van der Waals surface area contributed by atoms with Gasteiger partial charge >= 0.3 is 11.9 Å². The maximum Gasteiger partial charge on any atom is 0.337 e. The van der Waals surface area contributed by atoms with Gasteiger partial charge in [-0.15, -0.1) is 0 Å². The molecule has 0 aromatic heterocycles. The third kappa shape index (κ3) is 4.59. The highest BCUT2D eigenvalue weighted by molar-refractivity contribution is 6.09. The maximum atomic E-state index is 11.8. The van der Waals surface area contributed by atoms with Crippen molar-refractivity contribution in [3.63, 3.8) is 0 Å². The van der Waals surface area contributed by atoms with E-state index in [9.17, 15) is 30.0 Å².